The molecule has 12 heteroatoms. The number of pyridine rings is 1. The number of ketones is 1. The Morgan fingerprint density at radius 2 is 1.76 bits per heavy atom. The summed E-state index contributed by atoms with van der Waals surface area (Å²) < 4.78 is 16.1. The van der Waals surface area contributed by atoms with Gasteiger partial charge in [0.1, 0.15) is 0 Å². The molecule has 4 bridgehead atoms. The van der Waals surface area contributed by atoms with Gasteiger partial charge in [0.2, 0.25) is 5.91 Å². The van der Waals surface area contributed by atoms with E-state index in [0.29, 0.717) is 31.3 Å². The number of amides is 2. The van der Waals surface area contributed by atoms with E-state index in [2.05, 4.69) is 20.3 Å². The number of aromatic amines is 1. The fourth-order valence-corrected chi connectivity index (χ4v) is 7.94. The topological polar surface area (TPSA) is 137 Å². The van der Waals surface area contributed by atoms with Crippen molar-refractivity contribution in [3.8, 4) is 5.82 Å². The van der Waals surface area contributed by atoms with Gasteiger partial charge in [0, 0.05) is 32.4 Å². The van der Waals surface area contributed by atoms with Crippen molar-refractivity contribution >= 4 is 28.5 Å². The zero-order chi connectivity index (χ0) is 26.2. The lowest BCUT2D eigenvalue weighted by atomic mass is 9.47. The van der Waals surface area contributed by atoms with Gasteiger partial charge in [0.05, 0.1) is 46.1 Å². The van der Waals surface area contributed by atoms with Crippen molar-refractivity contribution in [3.05, 3.63) is 36.2 Å². The van der Waals surface area contributed by atoms with E-state index in [4.69, 9.17) is 0 Å². The van der Waals surface area contributed by atoms with Crippen molar-refractivity contribution < 1.29 is 23.9 Å². The second-order valence-corrected chi connectivity index (χ2v) is 11.6. The monoisotopic (exact) mass is 521 g/mol. The number of nitrogens with one attached hydrogen (secondary N) is 1. The maximum atomic E-state index is 14.8. The van der Waals surface area contributed by atoms with Crippen LogP contribution in [-0.2, 0) is 9.59 Å². The van der Waals surface area contributed by atoms with Crippen LogP contribution in [0.1, 0.15) is 48.9 Å². The molecule has 3 aromatic heterocycles. The maximum Gasteiger partial charge on any atom is 0.295 e. The number of hydrogen-bond acceptors (Lipinski definition) is 7. The summed E-state index contributed by atoms with van der Waals surface area (Å²) in [5.74, 6) is -1.14. The van der Waals surface area contributed by atoms with Crippen LogP contribution in [0.2, 0.25) is 0 Å². The quantitative estimate of drug-likeness (QED) is 0.392. The normalized spacial score (nSPS) is 30.3. The number of piperazine rings is 1. The molecule has 2 atom stereocenters. The molecule has 2 amide bonds. The van der Waals surface area contributed by atoms with Crippen LogP contribution in [0.25, 0.3) is 16.7 Å². The van der Waals surface area contributed by atoms with E-state index in [-0.39, 0.29) is 41.3 Å². The Hall–Kier alpha value is -3.67. The number of aromatic nitrogens is 5. The fraction of sp³-hybridized carbons (Fsp3) is 0.538. The zero-order valence-corrected chi connectivity index (χ0v) is 20.8. The molecule has 8 rings (SSSR count). The minimum atomic E-state index is -0.825. The molecule has 4 saturated carbocycles. The lowest BCUT2D eigenvalue weighted by Gasteiger charge is -2.60. The highest BCUT2D eigenvalue weighted by Crippen LogP contribution is 2.62. The molecule has 0 aromatic carbocycles. The predicted molar refractivity (Wildman–Crippen MR) is 131 cm³/mol. The lowest BCUT2D eigenvalue weighted by Crippen LogP contribution is -2.62. The van der Waals surface area contributed by atoms with Crippen LogP contribution in [0.15, 0.2) is 24.8 Å². The van der Waals surface area contributed by atoms with Gasteiger partial charge in [-0.05, 0) is 50.4 Å². The SMILES string of the molecule is O=C(C(=O)N1CCN(C(=O)C23CC4CC(CC(O)(C4)C2)C3)CC1)c1c[nH]c2c(-n3ccnn3)ncc(F)c12. The van der Waals surface area contributed by atoms with Crippen LogP contribution in [-0.4, -0.2) is 89.2 Å². The van der Waals surface area contributed by atoms with Crippen molar-refractivity contribution in [3.63, 3.8) is 0 Å². The molecule has 4 heterocycles. The third-order valence-corrected chi connectivity index (χ3v) is 9.06. The molecule has 198 valence electrons. The molecule has 5 fully saturated rings. The number of hydrogen-bond donors (Lipinski definition) is 2. The minimum Gasteiger partial charge on any atom is -0.390 e. The van der Waals surface area contributed by atoms with E-state index in [0.717, 1.165) is 38.3 Å². The molecular formula is C26H28FN7O4. The lowest BCUT2D eigenvalue weighted by molar-refractivity contribution is -0.187. The molecule has 2 N–H and O–H groups in total. The van der Waals surface area contributed by atoms with Gasteiger partial charge in [0.25, 0.3) is 11.7 Å². The molecular weight excluding hydrogens is 493 g/mol. The Kier molecular flexibility index (Phi) is 5.04. The first kappa shape index (κ1) is 23.4. The summed E-state index contributed by atoms with van der Waals surface area (Å²) in [6.07, 6.45) is 10.2. The van der Waals surface area contributed by atoms with Gasteiger partial charge in [-0.1, -0.05) is 5.21 Å². The van der Waals surface area contributed by atoms with Crippen LogP contribution >= 0.6 is 0 Å². The highest BCUT2D eigenvalue weighted by Gasteiger charge is 2.61. The number of carbonyl (C=O) groups excluding carboxylic acids is 3. The predicted octanol–water partition coefficient (Wildman–Crippen LogP) is 1.47. The fourth-order valence-electron chi connectivity index (χ4n) is 7.94. The highest BCUT2D eigenvalue weighted by molar-refractivity contribution is 6.45. The summed E-state index contributed by atoms with van der Waals surface area (Å²) in [5.41, 5.74) is -1.06. The molecule has 1 saturated heterocycles. The third-order valence-electron chi connectivity index (χ3n) is 9.06. The van der Waals surface area contributed by atoms with Crippen molar-refractivity contribution in [1.29, 1.82) is 0 Å². The Balaban J connectivity index is 1.06. The smallest absolute Gasteiger partial charge is 0.295 e. The molecule has 5 aliphatic rings. The van der Waals surface area contributed by atoms with Gasteiger partial charge in [-0.2, -0.15) is 0 Å². The molecule has 1 aliphatic heterocycles. The van der Waals surface area contributed by atoms with Crippen LogP contribution < -0.4 is 0 Å². The second kappa shape index (κ2) is 8.16. The van der Waals surface area contributed by atoms with Crippen molar-refractivity contribution in [2.45, 2.75) is 44.1 Å². The molecule has 11 nitrogen and oxygen atoms in total. The molecule has 0 radical (unpaired) electrons. The second-order valence-electron chi connectivity index (χ2n) is 11.6. The summed E-state index contributed by atoms with van der Waals surface area (Å²) in [6.45, 7) is 1.10. The number of fused-ring (bicyclic) bond motifs is 1. The number of H-pyrrole nitrogens is 1. The van der Waals surface area contributed by atoms with E-state index in [9.17, 15) is 23.9 Å². The number of halogens is 1. The minimum absolute atomic E-state index is 0.0302. The number of aliphatic hydroxyl groups is 1. The van der Waals surface area contributed by atoms with Crippen LogP contribution in [0, 0.1) is 23.1 Å². The summed E-state index contributed by atoms with van der Waals surface area (Å²) in [5, 5.41) is 18.6. The van der Waals surface area contributed by atoms with Gasteiger partial charge >= 0.3 is 0 Å². The molecule has 2 unspecified atom stereocenters. The van der Waals surface area contributed by atoms with E-state index >= 15 is 0 Å². The summed E-state index contributed by atoms with van der Waals surface area (Å²) >= 11 is 0. The zero-order valence-electron chi connectivity index (χ0n) is 20.8. The van der Waals surface area contributed by atoms with Crippen LogP contribution in [0.4, 0.5) is 4.39 Å². The first-order chi connectivity index (χ1) is 18.3. The van der Waals surface area contributed by atoms with Gasteiger partial charge in [-0.15, -0.1) is 5.10 Å². The average molecular weight is 522 g/mol. The van der Waals surface area contributed by atoms with E-state index < -0.39 is 28.5 Å². The largest absolute Gasteiger partial charge is 0.390 e. The van der Waals surface area contributed by atoms with Crippen LogP contribution in [0.5, 0.6) is 0 Å². The van der Waals surface area contributed by atoms with Gasteiger partial charge in [-0.25, -0.2) is 14.1 Å². The molecule has 3 aromatic rings. The number of nitrogens with zero attached hydrogens (tertiary/aromatic N) is 6. The summed E-state index contributed by atoms with van der Waals surface area (Å²) in [7, 11) is 0. The summed E-state index contributed by atoms with van der Waals surface area (Å²) in [6, 6.07) is 0. The molecule has 38 heavy (non-hydrogen) atoms. The third kappa shape index (κ3) is 3.49. The van der Waals surface area contributed by atoms with E-state index in [1.807, 2.05) is 0 Å². The van der Waals surface area contributed by atoms with Crippen molar-refractivity contribution in [2.75, 3.05) is 26.2 Å². The number of rotatable bonds is 4. The Bertz CT molecular complexity index is 1450. The number of carbonyl (C=O) groups is 3. The Morgan fingerprint density at radius 3 is 2.42 bits per heavy atom. The van der Waals surface area contributed by atoms with Gasteiger partial charge < -0.3 is 19.9 Å². The first-order valence-electron chi connectivity index (χ1n) is 13.1. The Morgan fingerprint density at radius 1 is 1.05 bits per heavy atom. The molecule has 0 spiro atoms. The Labute approximate surface area is 217 Å². The van der Waals surface area contributed by atoms with E-state index in [1.54, 1.807) is 4.90 Å². The van der Waals surface area contributed by atoms with Crippen molar-refractivity contribution in [1.82, 2.24) is 34.8 Å². The summed E-state index contributed by atoms with van der Waals surface area (Å²) in [4.78, 5) is 50.2. The van der Waals surface area contributed by atoms with E-state index in [1.165, 1.54) is 28.2 Å². The van der Waals surface area contributed by atoms with Crippen molar-refractivity contribution in [2.24, 2.45) is 17.3 Å². The highest BCUT2D eigenvalue weighted by atomic mass is 19.1. The standard InChI is InChI=1S/C26H28FN7O4/c27-18-13-29-22(34-2-1-30-31-34)20-19(18)17(12-28-20)21(35)23(36)32-3-5-33(6-4-32)24(37)25-8-15-7-16(9-25)11-26(38,10-15)14-25/h1-2,12-13,15-16,28,38H,3-11,14H2. The van der Waals surface area contributed by atoms with Gasteiger partial charge in [0.15, 0.2) is 11.6 Å². The maximum absolute atomic E-state index is 14.8. The number of Topliss-reactive ketones (excluding diaryl/α,β-unsaturated/α-hetero) is 1. The first-order valence-corrected chi connectivity index (χ1v) is 13.1. The average Bonchev–Trinajstić information content (AvgIpc) is 3.58. The van der Waals surface area contributed by atoms with Crippen LogP contribution in [0.3, 0.4) is 0 Å². The molecule has 4 aliphatic carbocycles. The van der Waals surface area contributed by atoms with Gasteiger partial charge in [-0.3, -0.25) is 14.4 Å².